The van der Waals surface area contributed by atoms with Crippen molar-refractivity contribution in [3.63, 3.8) is 0 Å². The minimum atomic E-state index is -0.344. The molecule has 3 aromatic carbocycles. The standard InChI is InChI=1S/C26H22FN5OS/c1-19-5-11-24(12-6-19)32-18-29-30-26(32)34-17-25(33)31(16-22-3-2-4-23(27)13-22)15-21-9-7-20(14-28)8-10-21/h2-13,18H,15-17H2,1H3. The Hall–Kier alpha value is -3.96. The first kappa shape index (κ1) is 23.2. The van der Waals surface area contributed by atoms with Crippen molar-refractivity contribution >= 4 is 17.7 Å². The van der Waals surface area contributed by atoms with Crippen molar-refractivity contribution < 1.29 is 9.18 Å². The number of carbonyl (C=O) groups excluding carboxylic acids is 1. The summed E-state index contributed by atoms with van der Waals surface area (Å²) in [6, 6.07) is 23.4. The van der Waals surface area contributed by atoms with Crippen LogP contribution in [-0.2, 0) is 17.9 Å². The zero-order valence-electron chi connectivity index (χ0n) is 18.6. The highest BCUT2D eigenvalue weighted by atomic mass is 32.2. The van der Waals surface area contributed by atoms with E-state index in [1.807, 2.05) is 47.9 Å². The lowest BCUT2D eigenvalue weighted by molar-refractivity contribution is -0.129. The van der Waals surface area contributed by atoms with Crippen LogP contribution >= 0.6 is 11.8 Å². The van der Waals surface area contributed by atoms with Crippen LogP contribution in [0.15, 0.2) is 84.3 Å². The van der Waals surface area contributed by atoms with Gasteiger partial charge in [-0.1, -0.05) is 53.7 Å². The van der Waals surface area contributed by atoms with Crippen LogP contribution < -0.4 is 0 Å². The van der Waals surface area contributed by atoms with Gasteiger partial charge in [0.05, 0.1) is 17.4 Å². The normalized spacial score (nSPS) is 10.6. The van der Waals surface area contributed by atoms with E-state index < -0.39 is 0 Å². The van der Waals surface area contributed by atoms with Crippen LogP contribution in [0.3, 0.4) is 0 Å². The first-order valence-electron chi connectivity index (χ1n) is 10.6. The average molecular weight is 472 g/mol. The summed E-state index contributed by atoms with van der Waals surface area (Å²) >= 11 is 1.30. The molecule has 1 amide bonds. The summed E-state index contributed by atoms with van der Waals surface area (Å²) in [5.74, 6) is -0.309. The van der Waals surface area contributed by atoms with Crippen molar-refractivity contribution in [2.45, 2.75) is 25.2 Å². The molecule has 0 fully saturated rings. The lowest BCUT2D eigenvalue weighted by Crippen LogP contribution is -2.31. The van der Waals surface area contributed by atoms with Crippen LogP contribution in [0, 0.1) is 24.1 Å². The molecule has 6 nitrogen and oxygen atoms in total. The number of carbonyl (C=O) groups is 1. The fourth-order valence-electron chi connectivity index (χ4n) is 3.42. The number of benzene rings is 3. The van der Waals surface area contributed by atoms with Gasteiger partial charge in [0.15, 0.2) is 5.16 Å². The van der Waals surface area contributed by atoms with Gasteiger partial charge in [-0.2, -0.15) is 5.26 Å². The van der Waals surface area contributed by atoms with Crippen molar-refractivity contribution in [3.05, 3.63) is 107 Å². The zero-order valence-corrected chi connectivity index (χ0v) is 19.4. The van der Waals surface area contributed by atoms with Crippen LogP contribution in [0.25, 0.3) is 5.69 Å². The molecule has 0 saturated carbocycles. The number of nitriles is 1. The van der Waals surface area contributed by atoms with E-state index in [4.69, 9.17) is 5.26 Å². The maximum Gasteiger partial charge on any atom is 0.233 e. The number of hydrogen-bond donors (Lipinski definition) is 0. The molecule has 0 atom stereocenters. The van der Waals surface area contributed by atoms with Gasteiger partial charge in [0.1, 0.15) is 12.1 Å². The van der Waals surface area contributed by atoms with E-state index in [-0.39, 0.29) is 24.0 Å². The number of hydrogen-bond acceptors (Lipinski definition) is 5. The van der Waals surface area contributed by atoms with E-state index >= 15 is 0 Å². The molecule has 0 aliphatic heterocycles. The van der Waals surface area contributed by atoms with Crippen molar-refractivity contribution in [1.29, 1.82) is 5.26 Å². The highest BCUT2D eigenvalue weighted by Crippen LogP contribution is 2.21. The molecule has 0 aliphatic carbocycles. The molecule has 0 unspecified atom stereocenters. The second-order valence-electron chi connectivity index (χ2n) is 7.80. The molecule has 0 aliphatic rings. The van der Waals surface area contributed by atoms with Crippen molar-refractivity contribution in [1.82, 2.24) is 19.7 Å². The summed E-state index contributed by atoms with van der Waals surface area (Å²) in [6.45, 7) is 2.62. The monoisotopic (exact) mass is 471 g/mol. The molecular weight excluding hydrogens is 449 g/mol. The Labute approximate surface area is 201 Å². The molecule has 4 aromatic rings. The summed E-state index contributed by atoms with van der Waals surface area (Å²) in [4.78, 5) is 14.9. The van der Waals surface area contributed by atoms with Crippen LogP contribution in [0.1, 0.15) is 22.3 Å². The number of rotatable bonds is 8. The minimum Gasteiger partial charge on any atom is -0.333 e. The van der Waals surface area contributed by atoms with Crippen LogP contribution in [-0.4, -0.2) is 31.3 Å². The topological polar surface area (TPSA) is 74.8 Å². The highest BCUT2D eigenvalue weighted by molar-refractivity contribution is 7.99. The number of nitrogens with zero attached hydrogens (tertiary/aromatic N) is 5. The summed E-state index contributed by atoms with van der Waals surface area (Å²) in [6.07, 6.45) is 1.62. The Morgan fingerprint density at radius 2 is 1.79 bits per heavy atom. The average Bonchev–Trinajstić information content (AvgIpc) is 3.32. The Morgan fingerprint density at radius 1 is 1.06 bits per heavy atom. The van der Waals surface area contributed by atoms with Crippen molar-refractivity contribution in [3.8, 4) is 11.8 Å². The molecule has 0 N–H and O–H groups in total. The molecule has 0 radical (unpaired) electrons. The molecule has 170 valence electrons. The fraction of sp³-hybridized carbons (Fsp3) is 0.154. The number of amides is 1. The van der Waals surface area contributed by atoms with Gasteiger partial charge in [-0.3, -0.25) is 9.36 Å². The minimum absolute atomic E-state index is 0.114. The second-order valence-corrected chi connectivity index (χ2v) is 8.74. The molecule has 0 spiro atoms. The van der Waals surface area contributed by atoms with Crippen LogP contribution in [0.4, 0.5) is 4.39 Å². The molecule has 4 rings (SSSR count). The number of halogens is 1. The predicted octanol–water partition coefficient (Wildman–Crippen LogP) is 4.91. The number of aryl methyl sites for hydroxylation is 1. The summed E-state index contributed by atoms with van der Waals surface area (Å²) in [5.41, 5.74) is 4.21. The van der Waals surface area contributed by atoms with E-state index in [0.29, 0.717) is 22.8 Å². The van der Waals surface area contributed by atoms with Crippen molar-refractivity contribution in [2.75, 3.05) is 5.75 Å². The molecule has 34 heavy (non-hydrogen) atoms. The maximum absolute atomic E-state index is 13.7. The predicted molar refractivity (Wildman–Crippen MR) is 129 cm³/mol. The van der Waals surface area contributed by atoms with E-state index in [0.717, 1.165) is 16.8 Å². The molecule has 1 heterocycles. The van der Waals surface area contributed by atoms with Gasteiger partial charge in [0, 0.05) is 18.8 Å². The fourth-order valence-corrected chi connectivity index (χ4v) is 4.25. The first-order valence-corrected chi connectivity index (χ1v) is 11.6. The Balaban J connectivity index is 1.50. The summed E-state index contributed by atoms with van der Waals surface area (Å²) in [5, 5.41) is 17.8. The van der Waals surface area contributed by atoms with Gasteiger partial charge in [-0.15, -0.1) is 10.2 Å². The molecule has 1 aromatic heterocycles. The Morgan fingerprint density at radius 3 is 2.50 bits per heavy atom. The van der Waals surface area contributed by atoms with Gasteiger partial charge in [-0.05, 0) is 54.4 Å². The zero-order chi connectivity index (χ0) is 23.9. The maximum atomic E-state index is 13.7. The van der Waals surface area contributed by atoms with E-state index in [1.165, 1.54) is 23.9 Å². The van der Waals surface area contributed by atoms with Gasteiger partial charge >= 0.3 is 0 Å². The molecule has 0 bridgehead atoms. The summed E-state index contributed by atoms with van der Waals surface area (Å²) in [7, 11) is 0. The smallest absolute Gasteiger partial charge is 0.233 e. The Bertz CT molecular complexity index is 1310. The van der Waals surface area contributed by atoms with Gasteiger partial charge in [-0.25, -0.2) is 4.39 Å². The molecule has 8 heteroatoms. The highest BCUT2D eigenvalue weighted by Gasteiger charge is 2.18. The second kappa shape index (κ2) is 10.8. The van der Waals surface area contributed by atoms with E-state index in [2.05, 4.69) is 16.3 Å². The van der Waals surface area contributed by atoms with E-state index in [9.17, 15) is 9.18 Å². The lowest BCUT2D eigenvalue weighted by atomic mass is 10.1. The largest absolute Gasteiger partial charge is 0.333 e. The quantitative estimate of drug-likeness (QED) is 0.342. The van der Waals surface area contributed by atoms with Crippen LogP contribution in [0.2, 0.25) is 0 Å². The lowest BCUT2D eigenvalue weighted by Gasteiger charge is -2.23. The van der Waals surface area contributed by atoms with Gasteiger partial charge in [0.2, 0.25) is 5.91 Å². The number of thioether (sulfide) groups is 1. The number of aromatic nitrogens is 3. The molecule has 0 saturated heterocycles. The van der Waals surface area contributed by atoms with E-state index in [1.54, 1.807) is 35.5 Å². The van der Waals surface area contributed by atoms with Gasteiger partial charge in [0.25, 0.3) is 0 Å². The third-order valence-corrected chi connectivity index (χ3v) is 6.15. The van der Waals surface area contributed by atoms with Gasteiger partial charge < -0.3 is 4.90 Å². The first-order chi connectivity index (χ1) is 16.5. The van der Waals surface area contributed by atoms with Crippen molar-refractivity contribution in [2.24, 2.45) is 0 Å². The SMILES string of the molecule is Cc1ccc(-n2cnnc2SCC(=O)N(Cc2ccc(C#N)cc2)Cc2cccc(F)c2)cc1. The Kier molecular flexibility index (Phi) is 7.35. The van der Waals surface area contributed by atoms with Crippen LogP contribution in [0.5, 0.6) is 0 Å². The summed E-state index contributed by atoms with van der Waals surface area (Å²) < 4.78 is 15.6. The molecular formula is C26H22FN5OS. The third kappa shape index (κ3) is 5.88. The third-order valence-electron chi connectivity index (χ3n) is 5.22.